The van der Waals surface area contributed by atoms with Crippen molar-refractivity contribution in [1.29, 1.82) is 0 Å². The Balaban J connectivity index is 1.77. The van der Waals surface area contributed by atoms with Gasteiger partial charge in [-0.2, -0.15) is 0 Å². The monoisotopic (exact) mass is 432 g/mol. The van der Waals surface area contributed by atoms with Gasteiger partial charge in [0.25, 0.3) is 0 Å². The lowest BCUT2D eigenvalue weighted by molar-refractivity contribution is -0.141. The molecule has 1 atom stereocenters. The molecule has 0 aliphatic rings. The molecule has 1 unspecified atom stereocenters. The molecule has 3 aromatic rings. The molecule has 0 saturated carbocycles. The van der Waals surface area contributed by atoms with Crippen LogP contribution in [0, 0.1) is 0 Å². The topological polar surface area (TPSA) is 76.7 Å². The number of carbonyl (C=O) groups is 2. The third kappa shape index (κ3) is 6.18. The largest absolute Gasteiger partial charge is 0.492 e. The van der Waals surface area contributed by atoms with E-state index in [9.17, 15) is 9.59 Å². The van der Waals surface area contributed by atoms with Crippen LogP contribution in [0.1, 0.15) is 21.5 Å². The molecule has 0 aliphatic heterocycles. The molecule has 0 aromatic heterocycles. The molecule has 0 spiro atoms. The smallest absolute Gasteiger partial charge is 0.328 e. The van der Waals surface area contributed by atoms with E-state index in [0.717, 1.165) is 17.9 Å². The molecule has 0 aliphatic carbocycles. The Hall–Kier alpha value is -3.64. The zero-order valence-electron chi connectivity index (χ0n) is 18.3. The molecule has 0 bridgehead atoms. The van der Waals surface area contributed by atoms with E-state index in [4.69, 9.17) is 9.47 Å². The summed E-state index contributed by atoms with van der Waals surface area (Å²) in [5.74, 6) is 0.257. The highest BCUT2D eigenvalue weighted by atomic mass is 16.5. The molecular weight excluding hydrogens is 404 g/mol. The van der Waals surface area contributed by atoms with Crippen LogP contribution in [0.4, 0.5) is 5.69 Å². The first-order valence-corrected chi connectivity index (χ1v) is 10.5. The summed E-state index contributed by atoms with van der Waals surface area (Å²) in [5.41, 5.74) is 2.62. The molecular formula is C26H28N2O4. The summed E-state index contributed by atoms with van der Waals surface area (Å²) in [5, 5.41) is 6.25. The summed E-state index contributed by atoms with van der Waals surface area (Å²) in [6, 6.07) is 23.2. The second-order valence-electron chi connectivity index (χ2n) is 7.26. The van der Waals surface area contributed by atoms with Crippen LogP contribution in [0.25, 0.3) is 0 Å². The summed E-state index contributed by atoms with van der Waals surface area (Å²) >= 11 is 0. The van der Waals surface area contributed by atoms with Crippen molar-refractivity contribution in [2.75, 3.05) is 32.6 Å². The van der Waals surface area contributed by atoms with Gasteiger partial charge in [-0.1, -0.05) is 54.6 Å². The fourth-order valence-corrected chi connectivity index (χ4v) is 3.30. The second-order valence-corrected chi connectivity index (χ2v) is 7.26. The minimum Gasteiger partial charge on any atom is -0.492 e. The number of methoxy groups -OCH3 is 1. The lowest BCUT2D eigenvalue weighted by atomic mass is 10.00. The van der Waals surface area contributed by atoms with Crippen molar-refractivity contribution in [1.82, 2.24) is 5.32 Å². The maximum absolute atomic E-state index is 13.0. The number of carbonyl (C=O) groups excluding carboxylic acids is 2. The van der Waals surface area contributed by atoms with Gasteiger partial charge < -0.3 is 20.1 Å². The number of ether oxygens (including phenoxy) is 2. The van der Waals surface area contributed by atoms with Gasteiger partial charge in [-0.3, -0.25) is 4.79 Å². The van der Waals surface area contributed by atoms with E-state index in [2.05, 4.69) is 10.6 Å². The van der Waals surface area contributed by atoms with Gasteiger partial charge in [0.15, 0.2) is 5.78 Å². The van der Waals surface area contributed by atoms with Gasteiger partial charge in [-0.25, -0.2) is 4.79 Å². The zero-order valence-corrected chi connectivity index (χ0v) is 18.3. The molecule has 3 aromatic carbocycles. The summed E-state index contributed by atoms with van der Waals surface area (Å²) < 4.78 is 10.7. The maximum atomic E-state index is 13.0. The lowest BCUT2D eigenvalue weighted by Crippen LogP contribution is -2.33. The number of hydrogen-bond donors (Lipinski definition) is 2. The summed E-state index contributed by atoms with van der Waals surface area (Å²) in [7, 11) is 3.23. The molecule has 2 N–H and O–H groups in total. The summed E-state index contributed by atoms with van der Waals surface area (Å²) in [6.45, 7) is 1.34. The van der Waals surface area contributed by atoms with E-state index in [-0.39, 0.29) is 5.78 Å². The van der Waals surface area contributed by atoms with Crippen molar-refractivity contribution in [2.45, 2.75) is 12.5 Å². The molecule has 0 radical (unpaired) electrons. The fraction of sp³-hybridized carbons (Fsp3) is 0.231. The van der Waals surface area contributed by atoms with Gasteiger partial charge >= 0.3 is 5.97 Å². The van der Waals surface area contributed by atoms with Crippen LogP contribution in [0.15, 0.2) is 78.9 Å². The predicted octanol–water partition coefficient (Wildman–Crippen LogP) is 3.71. The minimum absolute atomic E-state index is 0.111. The van der Waals surface area contributed by atoms with Gasteiger partial charge in [0.05, 0.1) is 7.11 Å². The Morgan fingerprint density at radius 1 is 0.906 bits per heavy atom. The molecule has 0 amide bonds. The van der Waals surface area contributed by atoms with E-state index in [1.807, 2.05) is 55.6 Å². The fourth-order valence-electron chi connectivity index (χ4n) is 3.30. The van der Waals surface area contributed by atoms with Gasteiger partial charge in [0, 0.05) is 29.8 Å². The van der Waals surface area contributed by atoms with E-state index >= 15 is 0 Å². The Morgan fingerprint density at radius 2 is 1.59 bits per heavy atom. The number of ketones is 1. The van der Waals surface area contributed by atoms with E-state index in [1.165, 1.54) is 7.11 Å². The molecule has 0 heterocycles. The number of likely N-dealkylation sites (N-methyl/N-ethyl adjacent to an activating group) is 1. The third-order valence-electron chi connectivity index (χ3n) is 5.01. The van der Waals surface area contributed by atoms with E-state index in [0.29, 0.717) is 29.8 Å². The first-order chi connectivity index (χ1) is 15.6. The predicted molar refractivity (Wildman–Crippen MR) is 125 cm³/mol. The van der Waals surface area contributed by atoms with Crippen molar-refractivity contribution in [3.63, 3.8) is 0 Å². The van der Waals surface area contributed by atoms with Crippen molar-refractivity contribution >= 4 is 17.4 Å². The Bertz CT molecular complexity index is 1020. The first-order valence-electron chi connectivity index (χ1n) is 10.5. The second kappa shape index (κ2) is 11.7. The Kier molecular flexibility index (Phi) is 8.40. The minimum atomic E-state index is -0.652. The third-order valence-corrected chi connectivity index (χ3v) is 5.01. The Morgan fingerprint density at radius 3 is 2.28 bits per heavy atom. The number of rotatable bonds is 11. The van der Waals surface area contributed by atoms with Crippen molar-refractivity contribution in [2.24, 2.45) is 0 Å². The average Bonchev–Trinajstić information content (AvgIpc) is 2.84. The molecule has 3 rings (SSSR count). The van der Waals surface area contributed by atoms with Crippen LogP contribution in [-0.4, -0.2) is 45.1 Å². The summed E-state index contributed by atoms with van der Waals surface area (Å²) in [6.07, 6.45) is 0.400. The molecule has 32 heavy (non-hydrogen) atoms. The number of para-hydroxylation sites is 1. The number of hydrogen-bond acceptors (Lipinski definition) is 6. The number of esters is 1. The van der Waals surface area contributed by atoms with E-state index < -0.39 is 12.0 Å². The standard InChI is InChI=1S/C26H28N2O4/c1-27-16-17-32-21-14-12-19(13-15-21)18-24(26(30)31-2)28-23-11-7-6-10-22(23)25(29)20-8-4-3-5-9-20/h3-15,24,27-28H,16-18H2,1-2H3. The molecule has 0 saturated heterocycles. The zero-order chi connectivity index (χ0) is 22.8. The van der Waals surface area contributed by atoms with Crippen molar-refractivity contribution < 1.29 is 19.1 Å². The average molecular weight is 433 g/mol. The molecule has 6 heteroatoms. The molecule has 6 nitrogen and oxygen atoms in total. The van der Waals surface area contributed by atoms with Crippen LogP contribution in [0.5, 0.6) is 5.75 Å². The maximum Gasteiger partial charge on any atom is 0.328 e. The number of nitrogens with one attached hydrogen (secondary N) is 2. The first kappa shape index (κ1) is 23.0. The SMILES string of the molecule is CNCCOc1ccc(CC(Nc2ccccc2C(=O)c2ccccc2)C(=O)OC)cc1. The van der Waals surface area contributed by atoms with Crippen LogP contribution < -0.4 is 15.4 Å². The van der Waals surface area contributed by atoms with Crippen LogP contribution in [-0.2, 0) is 16.0 Å². The highest BCUT2D eigenvalue weighted by Gasteiger charge is 2.22. The summed E-state index contributed by atoms with van der Waals surface area (Å²) in [4.78, 5) is 25.5. The van der Waals surface area contributed by atoms with Crippen LogP contribution in [0.2, 0.25) is 0 Å². The highest BCUT2D eigenvalue weighted by molar-refractivity contribution is 6.12. The molecule has 0 fully saturated rings. The van der Waals surface area contributed by atoms with Crippen molar-refractivity contribution in [3.8, 4) is 5.75 Å². The van der Waals surface area contributed by atoms with E-state index in [1.54, 1.807) is 30.3 Å². The Labute approximate surface area is 188 Å². The van der Waals surface area contributed by atoms with Crippen molar-refractivity contribution in [3.05, 3.63) is 95.6 Å². The van der Waals surface area contributed by atoms with Gasteiger partial charge in [0.1, 0.15) is 18.4 Å². The van der Waals surface area contributed by atoms with Crippen LogP contribution in [0.3, 0.4) is 0 Å². The van der Waals surface area contributed by atoms with Gasteiger partial charge in [-0.05, 0) is 36.9 Å². The van der Waals surface area contributed by atoms with Gasteiger partial charge in [0.2, 0.25) is 0 Å². The van der Waals surface area contributed by atoms with Gasteiger partial charge in [-0.15, -0.1) is 0 Å². The number of anilines is 1. The van der Waals surface area contributed by atoms with Crippen LogP contribution >= 0.6 is 0 Å². The number of benzene rings is 3. The highest BCUT2D eigenvalue weighted by Crippen LogP contribution is 2.22. The normalized spacial score (nSPS) is 11.4. The molecule has 166 valence electrons. The quantitative estimate of drug-likeness (QED) is 0.273. The lowest BCUT2D eigenvalue weighted by Gasteiger charge is -2.20.